The van der Waals surface area contributed by atoms with Gasteiger partial charge in [-0.3, -0.25) is 4.79 Å². The van der Waals surface area contributed by atoms with Gasteiger partial charge in [-0.05, 0) is 37.3 Å². The normalized spacial score (nSPS) is 11.1. The van der Waals surface area contributed by atoms with E-state index in [-0.39, 0.29) is 5.56 Å². The van der Waals surface area contributed by atoms with Gasteiger partial charge in [0.05, 0.1) is 11.9 Å². The summed E-state index contributed by atoms with van der Waals surface area (Å²) in [5, 5.41) is 4.49. The molecule has 2 aromatic heterocycles. The van der Waals surface area contributed by atoms with E-state index in [1.54, 1.807) is 18.3 Å². The van der Waals surface area contributed by atoms with Gasteiger partial charge in [0.25, 0.3) is 5.91 Å². The molecule has 2 heterocycles. The van der Waals surface area contributed by atoms with Crippen molar-refractivity contribution in [1.29, 1.82) is 0 Å². The van der Waals surface area contributed by atoms with Crippen LogP contribution in [0.15, 0.2) is 56.9 Å². The Kier molecular flexibility index (Phi) is 4.65. The summed E-state index contributed by atoms with van der Waals surface area (Å²) in [4.78, 5) is 29.2. The molecule has 0 saturated heterocycles. The number of anilines is 1. The second kappa shape index (κ2) is 7.04. The third kappa shape index (κ3) is 3.60. The van der Waals surface area contributed by atoms with Gasteiger partial charge in [0.15, 0.2) is 0 Å². The van der Waals surface area contributed by atoms with E-state index in [1.165, 1.54) is 12.3 Å². The standard InChI is InChI=1S/C18H18N4O3/c1-3-22(2)14-7-6-12-9-15(18(24)25-16(12)10-14)17(23)21-20-11-13-5-4-8-19-13/h4-11,19H,3H2,1-2H3,(H,21,23)/b20-11+. The monoisotopic (exact) mass is 338 g/mol. The van der Waals surface area contributed by atoms with E-state index in [0.717, 1.165) is 17.9 Å². The lowest BCUT2D eigenvalue weighted by atomic mass is 10.1. The summed E-state index contributed by atoms with van der Waals surface area (Å²) in [5.74, 6) is -0.617. The molecule has 0 fully saturated rings. The average molecular weight is 338 g/mol. The van der Waals surface area contributed by atoms with Crippen LogP contribution in [0.2, 0.25) is 0 Å². The van der Waals surface area contributed by atoms with Crippen LogP contribution in [-0.4, -0.2) is 30.7 Å². The Morgan fingerprint density at radius 3 is 2.92 bits per heavy atom. The van der Waals surface area contributed by atoms with Crippen molar-refractivity contribution in [2.24, 2.45) is 5.10 Å². The van der Waals surface area contributed by atoms with Gasteiger partial charge in [-0.1, -0.05) is 0 Å². The van der Waals surface area contributed by atoms with Crippen LogP contribution in [0.3, 0.4) is 0 Å². The van der Waals surface area contributed by atoms with E-state index in [0.29, 0.717) is 11.0 Å². The number of H-pyrrole nitrogens is 1. The molecule has 0 spiro atoms. The van der Waals surface area contributed by atoms with Crippen molar-refractivity contribution in [3.05, 3.63) is 64.3 Å². The minimum Gasteiger partial charge on any atom is -0.422 e. The molecule has 0 saturated carbocycles. The van der Waals surface area contributed by atoms with Crippen molar-refractivity contribution in [2.45, 2.75) is 6.92 Å². The van der Waals surface area contributed by atoms with Gasteiger partial charge >= 0.3 is 5.63 Å². The minimum absolute atomic E-state index is 0.0901. The van der Waals surface area contributed by atoms with Crippen LogP contribution in [0.1, 0.15) is 23.0 Å². The highest BCUT2D eigenvalue weighted by Crippen LogP contribution is 2.21. The lowest BCUT2D eigenvalue weighted by Crippen LogP contribution is -2.24. The maximum absolute atomic E-state index is 12.2. The van der Waals surface area contributed by atoms with Crippen molar-refractivity contribution in [1.82, 2.24) is 10.4 Å². The molecule has 25 heavy (non-hydrogen) atoms. The molecular weight excluding hydrogens is 320 g/mol. The predicted octanol–water partition coefficient (Wildman–Crippen LogP) is 2.34. The van der Waals surface area contributed by atoms with E-state index in [4.69, 9.17) is 4.42 Å². The number of nitrogens with zero attached hydrogens (tertiary/aromatic N) is 2. The number of hydrogen-bond acceptors (Lipinski definition) is 5. The van der Waals surface area contributed by atoms with E-state index in [9.17, 15) is 9.59 Å². The van der Waals surface area contributed by atoms with Crippen LogP contribution in [0.25, 0.3) is 11.0 Å². The number of fused-ring (bicyclic) bond motifs is 1. The number of nitrogens with one attached hydrogen (secondary N) is 2. The van der Waals surface area contributed by atoms with Gasteiger partial charge in [-0.2, -0.15) is 5.10 Å². The average Bonchev–Trinajstić information content (AvgIpc) is 3.13. The lowest BCUT2D eigenvalue weighted by molar-refractivity contribution is 0.0951. The second-order valence-electron chi connectivity index (χ2n) is 5.51. The minimum atomic E-state index is -0.698. The van der Waals surface area contributed by atoms with Gasteiger partial charge in [0.2, 0.25) is 0 Å². The number of hydrazone groups is 1. The molecule has 128 valence electrons. The SMILES string of the molecule is CCN(C)c1ccc2cc(C(=O)N/N=C/c3ccc[nH]3)c(=O)oc2c1. The lowest BCUT2D eigenvalue weighted by Gasteiger charge is -2.16. The quantitative estimate of drug-likeness (QED) is 0.424. The van der Waals surface area contributed by atoms with E-state index < -0.39 is 11.5 Å². The first-order valence-electron chi connectivity index (χ1n) is 7.84. The predicted molar refractivity (Wildman–Crippen MR) is 97.3 cm³/mol. The molecule has 2 N–H and O–H groups in total. The second-order valence-corrected chi connectivity index (χ2v) is 5.51. The molecular formula is C18H18N4O3. The third-order valence-corrected chi connectivity index (χ3v) is 3.87. The molecule has 0 bridgehead atoms. The first-order chi connectivity index (χ1) is 12.1. The Balaban J connectivity index is 1.85. The fourth-order valence-electron chi connectivity index (χ4n) is 2.32. The third-order valence-electron chi connectivity index (χ3n) is 3.87. The van der Waals surface area contributed by atoms with Gasteiger partial charge in [0, 0.05) is 36.9 Å². The van der Waals surface area contributed by atoms with E-state index in [2.05, 4.69) is 15.5 Å². The number of carbonyl (C=O) groups is 1. The summed E-state index contributed by atoms with van der Waals surface area (Å²) in [6.07, 6.45) is 3.19. The molecule has 3 aromatic rings. The number of hydrogen-bond donors (Lipinski definition) is 2. The Hall–Kier alpha value is -3.35. The number of carbonyl (C=O) groups excluding carboxylic acids is 1. The highest BCUT2D eigenvalue weighted by molar-refractivity contribution is 5.97. The summed E-state index contributed by atoms with van der Waals surface area (Å²) in [7, 11) is 1.95. The van der Waals surface area contributed by atoms with Crippen LogP contribution >= 0.6 is 0 Å². The van der Waals surface area contributed by atoms with Crippen molar-refractivity contribution in [2.75, 3.05) is 18.5 Å². The molecule has 1 aromatic carbocycles. The topological polar surface area (TPSA) is 90.7 Å². The van der Waals surface area contributed by atoms with Crippen molar-refractivity contribution in [3.63, 3.8) is 0 Å². The number of rotatable bonds is 5. The first kappa shape index (κ1) is 16.5. The van der Waals surface area contributed by atoms with Gasteiger partial charge in [-0.25, -0.2) is 10.2 Å². The zero-order chi connectivity index (χ0) is 17.8. The maximum atomic E-state index is 12.2. The number of aromatic nitrogens is 1. The molecule has 0 unspecified atom stereocenters. The van der Waals surface area contributed by atoms with E-state index in [1.807, 2.05) is 37.1 Å². The molecule has 0 aliphatic carbocycles. The first-order valence-corrected chi connectivity index (χ1v) is 7.84. The van der Waals surface area contributed by atoms with Gasteiger partial charge in [0.1, 0.15) is 11.1 Å². The molecule has 0 radical (unpaired) electrons. The van der Waals surface area contributed by atoms with Crippen LogP contribution < -0.4 is 16.0 Å². The number of benzene rings is 1. The smallest absolute Gasteiger partial charge is 0.349 e. The summed E-state index contributed by atoms with van der Waals surface area (Å²) < 4.78 is 5.30. The fraction of sp³-hybridized carbons (Fsp3) is 0.167. The molecule has 0 atom stereocenters. The van der Waals surface area contributed by atoms with Crippen LogP contribution in [-0.2, 0) is 0 Å². The maximum Gasteiger partial charge on any atom is 0.349 e. The highest BCUT2D eigenvalue weighted by Gasteiger charge is 2.13. The Labute approximate surface area is 144 Å². The summed E-state index contributed by atoms with van der Waals surface area (Å²) in [6, 6.07) is 10.6. The zero-order valence-electron chi connectivity index (χ0n) is 13.9. The summed E-state index contributed by atoms with van der Waals surface area (Å²) in [6.45, 7) is 2.86. The molecule has 7 heteroatoms. The van der Waals surface area contributed by atoms with Gasteiger partial charge in [-0.15, -0.1) is 0 Å². The molecule has 1 amide bonds. The Bertz CT molecular complexity index is 974. The van der Waals surface area contributed by atoms with Gasteiger partial charge < -0.3 is 14.3 Å². The van der Waals surface area contributed by atoms with Crippen molar-refractivity contribution in [3.8, 4) is 0 Å². The molecule has 0 aliphatic rings. The molecule has 7 nitrogen and oxygen atoms in total. The zero-order valence-corrected chi connectivity index (χ0v) is 13.9. The van der Waals surface area contributed by atoms with Crippen LogP contribution in [0, 0.1) is 0 Å². The van der Waals surface area contributed by atoms with Crippen molar-refractivity contribution < 1.29 is 9.21 Å². The molecule has 0 aliphatic heterocycles. The Morgan fingerprint density at radius 2 is 2.20 bits per heavy atom. The summed E-state index contributed by atoms with van der Waals surface area (Å²) >= 11 is 0. The number of amides is 1. The van der Waals surface area contributed by atoms with Crippen LogP contribution in [0.5, 0.6) is 0 Å². The fourth-order valence-corrected chi connectivity index (χ4v) is 2.32. The summed E-state index contributed by atoms with van der Waals surface area (Å²) in [5.41, 5.74) is 3.65. The Morgan fingerprint density at radius 1 is 1.36 bits per heavy atom. The van der Waals surface area contributed by atoms with Crippen molar-refractivity contribution >= 4 is 28.8 Å². The van der Waals surface area contributed by atoms with Crippen LogP contribution in [0.4, 0.5) is 5.69 Å². The molecule has 3 rings (SSSR count). The highest BCUT2D eigenvalue weighted by atomic mass is 16.4. The largest absolute Gasteiger partial charge is 0.422 e. The van der Waals surface area contributed by atoms with E-state index >= 15 is 0 Å². The number of aromatic amines is 1.